The SMILES string of the molecule is CCC/C=C\c1cccc(C(=O)N[C@H](C)C(=O)OC)c1. The van der Waals surface area contributed by atoms with Crippen molar-refractivity contribution >= 4 is 18.0 Å². The Hall–Kier alpha value is -2.10. The van der Waals surface area contributed by atoms with Gasteiger partial charge in [-0.25, -0.2) is 4.79 Å². The molecule has 1 rings (SSSR count). The van der Waals surface area contributed by atoms with Gasteiger partial charge < -0.3 is 10.1 Å². The van der Waals surface area contributed by atoms with Crippen molar-refractivity contribution in [2.75, 3.05) is 7.11 Å². The Morgan fingerprint density at radius 2 is 2.15 bits per heavy atom. The molecule has 0 aliphatic heterocycles. The van der Waals surface area contributed by atoms with E-state index in [1.54, 1.807) is 19.1 Å². The van der Waals surface area contributed by atoms with Crippen LogP contribution in [0, 0.1) is 0 Å². The van der Waals surface area contributed by atoms with E-state index in [0.717, 1.165) is 18.4 Å². The number of amides is 1. The molecule has 1 N–H and O–H groups in total. The number of hydrogen-bond acceptors (Lipinski definition) is 3. The minimum Gasteiger partial charge on any atom is -0.467 e. The van der Waals surface area contributed by atoms with Crippen LogP contribution in [0.2, 0.25) is 0 Å². The maximum absolute atomic E-state index is 12.0. The number of methoxy groups -OCH3 is 1. The van der Waals surface area contributed by atoms with Gasteiger partial charge in [0.05, 0.1) is 7.11 Å². The molecule has 0 saturated heterocycles. The summed E-state index contributed by atoms with van der Waals surface area (Å²) in [5.74, 6) is -0.744. The third kappa shape index (κ3) is 4.88. The molecule has 20 heavy (non-hydrogen) atoms. The minimum atomic E-state index is -0.660. The highest BCUT2D eigenvalue weighted by molar-refractivity contribution is 5.97. The first-order valence-electron chi connectivity index (χ1n) is 6.73. The number of ether oxygens (including phenoxy) is 1. The van der Waals surface area contributed by atoms with Crippen LogP contribution in [-0.4, -0.2) is 25.0 Å². The number of allylic oxidation sites excluding steroid dienone is 1. The molecule has 0 bridgehead atoms. The van der Waals surface area contributed by atoms with Crippen LogP contribution in [-0.2, 0) is 9.53 Å². The van der Waals surface area contributed by atoms with Crippen LogP contribution in [0.1, 0.15) is 42.6 Å². The highest BCUT2D eigenvalue weighted by atomic mass is 16.5. The number of benzene rings is 1. The average Bonchev–Trinajstić information content (AvgIpc) is 2.46. The topological polar surface area (TPSA) is 55.4 Å². The molecule has 1 atom stereocenters. The van der Waals surface area contributed by atoms with E-state index in [0.29, 0.717) is 5.56 Å². The monoisotopic (exact) mass is 275 g/mol. The van der Waals surface area contributed by atoms with Gasteiger partial charge in [0.1, 0.15) is 6.04 Å². The fourth-order valence-corrected chi connectivity index (χ4v) is 1.69. The molecule has 0 heterocycles. The van der Waals surface area contributed by atoms with Gasteiger partial charge in [-0.05, 0) is 31.0 Å². The van der Waals surface area contributed by atoms with Gasteiger partial charge in [0.2, 0.25) is 0 Å². The minimum absolute atomic E-state index is 0.284. The number of esters is 1. The van der Waals surface area contributed by atoms with E-state index in [4.69, 9.17) is 0 Å². The maximum Gasteiger partial charge on any atom is 0.328 e. The number of hydrogen-bond donors (Lipinski definition) is 1. The highest BCUT2D eigenvalue weighted by Gasteiger charge is 2.16. The van der Waals surface area contributed by atoms with E-state index in [-0.39, 0.29) is 5.91 Å². The summed E-state index contributed by atoms with van der Waals surface area (Å²) in [5, 5.41) is 2.60. The van der Waals surface area contributed by atoms with Gasteiger partial charge in [0.25, 0.3) is 5.91 Å². The van der Waals surface area contributed by atoms with Crippen LogP contribution in [0.5, 0.6) is 0 Å². The predicted octanol–water partition coefficient (Wildman–Crippen LogP) is 2.79. The van der Waals surface area contributed by atoms with E-state index < -0.39 is 12.0 Å². The number of rotatable bonds is 6. The van der Waals surface area contributed by atoms with Crippen molar-refractivity contribution in [2.24, 2.45) is 0 Å². The van der Waals surface area contributed by atoms with Crippen molar-refractivity contribution in [1.82, 2.24) is 5.32 Å². The highest BCUT2D eigenvalue weighted by Crippen LogP contribution is 2.08. The second-order valence-corrected chi connectivity index (χ2v) is 4.53. The molecule has 0 aliphatic carbocycles. The van der Waals surface area contributed by atoms with Crippen LogP contribution in [0.4, 0.5) is 0 Å². The van der Waals surface area contributed by atoms with Gasteiger partial charge in [-0.1, -0.05) is 37.6 Å². The first kappa shape index (κ1) is 16.0. The van der Waals surface area contributed by atoms with Crippen LogP contribution in [0.15, 0.2) is 30.3 Å². The Balaban J connectivity index is 2.73. The molecule has 4 nitrogen and oxygen atoms in total. The smallest absolute Gasteiger partial charge is 0.328 e. The first-order chi connectivity index (χ1) is 9.58. The lowest BCUT2D eigenvalue weighted by molar-refractivity contribution is -0.142. The van der Waals surface area contributed by atoms with E-state index in [9.17, 15) is 9.59 Å². The molecule has 1 aromatic carbocycles. The van der Waals surface area contributed by atoms with Gasteiger partial charge in [-0.3, -0.25) is 4.79 Å². The number of nitrogens with one attached hydrogen (secondary N) is 1. The number of carbonyl (C=O) groups excluding carboxylic acids is 2. The third-order valence-corrected chi connectivity index (χ3v) is 2.82. The zero-order valence-electron chi connectivity index (χ0n) is 12.2. The van der Waals surface area contributed by atoms with Gasteiger partial charge in [-0.15, -0.1) is 0 Å². The fourth-order valence-electron chi connectivity index (χ4n) is 1.69. The normalized spacial score (nSPS) is 12.2. The lowest BCUT2D eigenvalue weighted by Gasteiger charge is -2.11. The first-order valence-corrected chi connectivity index (χ1v) is 6.73. The Morgan fingerprint density at radius 1 is 1.40 bits per heavy atom. The lowest BCUT2D eigenvalue weighted by Crippen LogP contribution is -2.39. The third-order valence-electron chi connectivity index (χ3n) is 2.82. The molecule has 1 amide bonds. The molecule has 0 aliphatic rings. The van der Waals surface area contributed by atoms with Crippen LogP contribution in [0.25, 0.3) is 6.08 Å². The Kier molecular flexibility index (Phi) is 6.50. The summed E-state index contributed by atoms with van der Waals surface area (Å²) >= 11 is 0. The second-order valence-electron chi connectivity index (χ2n) is 4.53. The van der Waals surface area contributed by atoms with Crippen molar-refractivity contribution in [3.05, 3.63) is 41.5 Å². The van der Waals surface area contributed by atoms with Crippen molar-refractivity contribution in [3.63, 3.8) is 0 Å². The zero-order valence-corrected chi connectivity index (χ0v) is 12.2. The molecule has 0 spiro atoms. The molecule has 0 fully saturated rings. The van der Waals surface area contributed by atoms with Gasteiger partial charge >= 0.3 is 5.97 Å². The summed E-state index contributed by atoms with van der Waals surface area (Å²) < 4.78 is 4.57. The quantitative estimate of drug-likeness (QED) is 0.812. The van der Waals surface area contributed by atoms with Crippen molar-refractivity contribution < 1.29 is 14.3 Å². The van der Waals surface area contributed by atoms with Crippen LogP contribution < -0.4 is 5.32 Å². The largest absolute Gasteiger partial charge is 0.467 e. The second kappa shape index (κ2) is 8.15. The van der Waals surface area contributed by atoms with Crippen molar-refractivity contribution in [3.8, 4) is 0 Å². The Morgan fingerprint density at radius 3 is 2.80 bits per heavy atom. The predicted molar refractivity (Wildman–Crippen MR) is 79.3 cm³/mol. The molecule has 108 valence electrons. The van der Waals surface area contributed by atoms with Gasteiger partial charge in [0.15, 0.2) is 0 Å². The Labute approximate surface area is 119 Å². The summed E-state index contributed by atoms with van der Waals surface area (Å²) in [7, 11) is 1.30. The van der Waals surface area contributed by atoms with E-state index >= 15 is 0 Å². The molecule has 0 radical (unpaired) electrons. The number of carbonyl (C=O) groups is 2. The van der Waals surface area contributed by atoms with Crippen LogP contribution in [0.3, 0.4) is 0 Å². The fraction of sp³-hybridized carbons (Fsp3) is 0.375. The molecular formula is C16H21NO3. The summed E-state index contributed by atoms with van der Waals surface area (Å²) in [6.45, 7) is 3.71. The summed E-state index contributed by atoms with van der Waals surface area (Å²) in [6.07, 6.45) is 6.17. The van der Waals surface area contributed by atoms with Crippen molar-refractivity contribution in [1.29, 1.82) is 0 Å². The van der Waals surface area contributed by atoms with E-state index in [1.807, 2.05) is 18.2 Å². The Bertz CT molecular complexity index is 494. The van der Waals surface area contributed by atoms with E-state index in [1.165, 1.54) is 7.11 Å². The van der Waals surface area contributed by atoms with Gasteiger partial charge in [-0.2, -0.15) is 0 Å². The summed E-state index contributed by atoms with van der Waals surface area (Å²) in [4.78, 5) is 23.3. The lowest BCUT2D eigenvalue weighted by atomic mass is 10.1. The van der Waals surface area contributed by atoms with Gasteiger partial charge in [0, 0.05) is 5.56 Å². The maximum atomic E-state index is 12.0. The molecule has 4 heteroatoms. The van der Waals surface area contributed by atoms with Crippen LogP contribution >= 0.6 is 0 Å². The zero-order chi connectivity index (χ0) is 15.0. The van der Waals surface area contributed by atoms with E-state index in [2.05, 4.69) is 23.1 Å². The molecular weight excluding hydrogens is 254 g/mol. The van der Waals surface area contributed by atoms with Crippen molar-refractivity contribution in [2.45, 2.75) is 32.7 Å². The summed E-state index contributed by atoms with van der Waals surface area (Å²) in [6, 6.07) is 6.62. The molecule has 0 saturated carbocycles. The molecule has 0 aromatic heterocycles. The molecule has 0 unspecified atom stereocenters. The number of unbranched alkanes of at least 4 members (excludes halogenated alkanes) is 1. The molecule has 1 aromatic rings. The average molecular weight is 275 g/mol. The standard InChI is InChI=1S/C16H21NO3/c1-4-5-6-8-13-9-7-10-14(11-13)15(18)17-12(2)16(19)20-3/h6-12H,4-5H2,1-3H3,(H,17,18)/b8-6-/t12-/m1/s1. The summed E-state index contributed by atoms with van der Waals surface area (Å²) in [5.41, 5.74) is 1.50.